The van der Waals surface area contributed by atoms with E-state index in [0.717, 1.165) is 16.4 Å². The molecular formula is C14H17F2NO4S. The highest BCUT2D eigenvalue weighted by Gasteiger charge is 2.38. The van der Waals surface area contributed by atoms with Crippen LogP contribution in [0, 0.1) is 11.6 Å². The molecule has 0 aromatic heterocycles. The third-order valence-corrected chi connectivity index (χ3v) is 5.41. The zero-order valence-corrected chi connectivity index (χ0v) is 12.9. The largest absolute Gasteiger partial charge is 0.465 e. The van der Waals surface area contributed by atoms with Gasteiger partial charge in [-0.2, -0.15) is 4.31 Å². The van der Waals surface area contributed by atoms with Crippen molar-refractivity contribution in [3.8, 4) is 0 Å². The molecule has 122 valence electrons. The Kier molecular flexibility index (Phi) is 5.12. The maximum Gasteiger partial charge on any atom is 0.324 e. The summed E-state index contributed by atoms with van der Waals surface area (Å²) >= 11 is 0. The van der Waals surface area contributed by atoms with Gasteiger partial charge in [-0.1, -0.05) is 0 Å². The highest BCUT2D eigenvalue weighted by atomic mass is 32.2. The SMILES string of the molecule is CCOC(=O)[C@@H]1CCCCN1S(=O)(=O)c1ccc(F)c(F)c1. The Morgan fingerprint density at radius 1 is 1.32 bits per heavy atom. The molecule has 2 rings (SSSR count). The van der Waals surface area contributed by atoms with E-state index in [1.165, 1.54) is 0 Å². The molecule has 1 aliphatic rings. The Morgan fingerprint density at radius 3 is 2.68 bits per heavy atom. The van der Waals surface area contributed by atoms with Crippen molar-refractivity contribution in [1.82, 2.24) is 4.31 Å². The molecule has 0 radical (unpaired) electrons. The molecule has 1 heterocycles. The van der Waals surface area contributed by atoms with Gasteiger partial charge in [-0.15, -0.1) is 0 Å². The van der Waals surface area contributed by atoms with Gasteiger partial charge in [0.1, 0.15) is 6.04 Å². The number of carbonyl (C=O) groups is 1. The van der Waals surface area contributed by atoms with E-state index in [0.29, 0.717) is 25.3 Å². The number of halogens is 2. The second kappa shape index (κ2) is 6.70. The van der Waals surface area contributed by atoms with Gasteiger partial charge in [0, 0.05) is 6.54 Å². The van der Waals surface area contributed by atoms with Crippen molar-refractivity contribution >= 4 is 16.0 Å². The monoisotopic (exact) mass is 333 g/mol. The van der Waals surface area contributed by atoms with E-state index in [9.17, 15) is 22.0 Å². The molecule has 8 heteroatoms. The van der Waals surface area contributed by atoms with Crippen molar-refractivity contribution in [2.45, 2.75) is 37.1 Å². The summed E-state index contributed by atoms with van der Waals surface area (Å²) in [6, 6.07) is 1.45. The first-order valence-electron chi connectivity index (χ1n) is 7.01. The summed E-state index contributed by atoms with van der Waals surface area (Å²) in [6.07, 6.45) is 1.65. The minimum Gasteiger partial charge on any atom is -0.465 e. The minimum absolute atomic E-state index is 0.144. The number of esters is 1. The summed E-state index contributed by atoms with van der Waals surface area (Å²) in [5.41, 5.74) is 0. The molecular weight excluding hydrogens is 316 g/mol. The zero-order valence-electron chi connectivity index (χ0n) is 12.1. The summed E-state index contributed by atoms with van der Waals surface area (Å²) in [5.74, 6) is -2.99. The molecule has 0 aliphatic carbocycles. The molecule has 1 saturated heterocycles. The summed E-state index contributed by atoms with van der Waals surface area (Å²) in [6.45, 7) is 1.92. The number of sulfonamides is 1. The van der Waals surface area contributed by atoms with Crippen molar-refractivity contribution in [2.75, 3.05) is 13.2 Å². The number of benzene rings is 1. The van der Waals surface area contributed by atoms with Crippen LogP contribution in [0.1, 0.15) is 26.2 Å². The fourth-order valence-electron chi connectivity index (χ4n) is 2.44. The van der Waals surface area contributed by atoms with Crippen molar-refractivity contribution < 1.29 is 26.7 Å². The highest BCUT2D eigenvalue weighted by molar-refractivity contribution is 7.89. The van der Waals surface area contributed by atoms with E-state index < -0.39 is 33.7 Å². The van der Waals surface area contributed by atoms with Crippen LogP contribution < -0.4 is 0 Å². The lowest BCUT2D eigenvalue weighted by Gasteiger charge is -2.32. The highest BCUT2D eigenvalue weighted by Crippen LogP contribution is 2.27. The first-order chi connectivity index (χ1) is 10.4. The molecule has 5 nitrogen and oxygen atoms in total. The summed E-state index contributed by atoms with van der Waals surface area (Å²) < 4.78 is 57.4. The standard InChI is InChI=1S/C14H17F2NO4S/c1-2-21-14(18)13-5-3-4-8-17(13)22(19,20)10-6-7-11(15)12(16)9-10/h6-7,9,13H,2-5,8H2,1H3/t13-/m0/s1. The Morgan fingerprint density at radius 2 is 2.05 bits per heavy atom. The molecule has 0 saturated carbocycles. The van der Waals surface area contributed by atoms with Crippen LogP contribution in [0.3, 0.4) is 0 Å². The summed E-state index contributed by atoms with van der Waals surface area (Å²) in [5, 5.41) is 0. The fraction of sp³-hybridized carbons (Fsp3) is 0.500. The fourth-order valence-corrected chi connectivity index (χ4v) is 4.10. The maximum atomic E-state index is 13.3. The quantitative estimate of drug-likeness (QED) is 0.792. The maximum absolute atomic E-state index is 13.3. The van der Waals surface area contributed by atoms with E-state index >= 15 is 0 Å². The van der Waals surface area contributed by atoms with Crippen LogP contribution in [0.2, 0.25) is 0 Å². The predicted octanol–water partition coefficient (Wildman–Crippen LogP) is 2.07. The number of nitrogens with zero attached hydrogens (tertiary/aromatic N) is 1. The lowest BCUT2D eigenvalue weighted by atomic mass is 10.1. The third-order valence-electron chi connectivity index (χ3n) is 3.51. The van der Waals surface area contributed by atoms with Crippen LogP contribution in [-0.2, 0) is 19.6 Å². The molecule has 1 aliphatic heterocycles. The zero-order chi connectivity index (χ0) is 16.3. The van der Waals surface area contributed by atoms with Crippen LogP contribution in [0.4, 0.5) is 8.78 Å². The van der Waals surface area contributed by atoms with Crippen LogP contribution in [0.5, 0.6) is 0 Å². The molecule has 1 atom stereocenters. The molecule has 0 unspecified atom stereocenters. The molecule has 1 fully saturated rings. The smallest absolute Gasteiger partial charge is 0.324 e. The average Bonchev–Trinajstić information content (AvgIpc) is 2.50. The molecule has 0 spiro atoms. The molecule has 1 aromatic carbocycles. The second-order valence-corrected chi connectivity index (χ2v) is 6.85. The first kappa shape index (κ1) is 16.8. The number of hydrogen-bond acceptors (Lipinski definition) is 4. The van der Waals surface area contributed by atoms with E-state index in [1.807, 2.05) is 0 Å². The molecule has 1 aromatic rings. The van der Waals surface area contributed by atoms with Crippen molar-refractivity contribution in [3.05, 3.63) is 29.8 Å². The van der Waals surface area contributed by atoms with Gasteiger partial charge in [0.2, 0.25) is 10.0 Å². The van der Waals surface area contributed by atoms with Gasteiger partial charge in [0.15, 0.2) is 11.6 Å². The van der Waals surface area contributed by atoms with E-state index in [4.69, 9.17) is 4.74 Å². The number of ether oxygens (including phenoxy) is 1. The minimum atomic E-state index is -4.09. The first-order valence-corrected chi connectivity index (χ1v) is 8.45. The van der Waals surface area contributed by atoms with Crippen molar-refractivity contribution in [2.24, 2.45) is 0 Å². The molecule has 0 bridgehead atoms. The Balaban J connectivity index is 2.36. The molecule has 0 amide bonds. The van der Waals surface area contributed by atoms with Gasteiger partial charge in [0.05, 0.1) is 11.5 Å². The van der Waals surface area contributed by atoms with Crippen molar-refractivity contribution in [1.29, 1.82) is 0 Å². The topological polar surface area (TPSA) is 63.7 Å². The molecule has 0 N–H and O–H groups in total. The summed E-state index contributed by atoms with van der Waals surface area (Å²) in [7, 11) is -4.09. The Labute approximate surface area is 127 Å². The van der Waals surface area contributed by atoms with Crippen LogP contribution in [-0.4, -0.2) is 37.9 Å². The normalized spacial score (nSPS) is 19.9. The van der Waals surface area contributed by atoms with E-state index in [2.05, 4.69) is 0 Å². The predicted molar refractivity (Wildman–Crippen MR) is 74.5 cm³/mol. The second-order valence-electron chi connectivity index (χ2n) is 4.96. The lowest BCUT2D eigenvalue weighted by Crippen LogP contribution is -2.48. The number of piperidine rings is 1. The van der Waals surface area contributed by atoms with E-state index in [-0.39, 0.29) is 18.0 Å². The van der Waals surface area contributed by atoms with Gasteiger partial charge in [-0.25, -0.2) is 17.2 Å². The number of rotatable bonds is 4. The summed E-state index contributed by atoms with van der Waals surface area (Å²) in [4.78, 5) is 11.6. The van der Waals surface area contributed by atoms with Gasteiger partial charge < -0.3 is 4.74 Å². The van der Waals surface area contributed by atoms with Gasteiger partial charge in [-0.3, -0.25) is 4.79 Å². The average molecular weight is 333 g/mol. The van der Waals surface area contributed by atoms with Gasteiger partial charge in [-0.05, 0) is 44.4 Å². The van der Waals surface area contributed by atoms with Crippen LogP contribution in [0.25, 0.3) is 0 Å². The number of carbonyl (C=O) groups excluding carboxylic acids is 1. The van der Waals surface area contributed by atoms with Gasteiger partial charge >= 0.3 is 5.97 Å². The Bertz CT molecular complexity index is 663. The molecule has 22 heavy (non-hydrogen) atoms. The van der Waals surface area contributed by atoms with Crippen LogP contribution >= 0.6 is 0 Å². The van der Waals surface area contributed by atoms with Crippen LogP contribution in [0.15, 0.2) is 23.1 Å². The lowest BCUT2D eigenvalue weighted by molar-refractivity contribution is -0.148. The third kappa shape index (κ3) is 3.27. The van der Waals surface area contributed by atoms with Crippen molar-refractivity contribution in [3.63, 3.8) is 0 Å². The van der Waals surface area contributed by atoms with Gasteiger partial charge in [0.25, 0.3) is 0 Å². The van der Waals surface area contributed by atoms with E-state index in [1.54, 1.807) is 6.92 Å². The number of hydrogen-bond donors (Lipinski definition) is 0. The Hall–Kier alpha value is -1.54.